The Kier molecular flexibility index (Phi) is 3.90. The van der Waals surface area contributed by atoms with Crippen LogP contribution in [0.1, 0.15) is 21.5 Å². The van der Waals surface area contributed by atoms with Crippen LogP contribution in [0.2, 0.25) is 0 Å². The smallest absolute Gasteiger partial charge is 0.335 e. The number of halogens is 1. The minimum atomic E-state index is -0.900. The van der Waals surface area contributed by atoms with Crippen molar-refractivity contribution in [1.82, 2.24) is 0 Å². The highest BCUT2D eigenvalue weighted by Crippen LogP contribution is 2.27. The fraction of sp³-hybridized carbons (Fsp3) is 0.133. The molecule has 0 saturated heterocycles. The first-order valence-electron chi connectivity index (χ1n) is 5.85. The molecule has 2 aromatic carbocycles. The van der Waals surface area contributed by atoms with Crippen LogP contribution < -0.4 is 5.32 Å². The van der Waals surface area contributed by atoms with E-state index in [1.165, 1.54) is 0 Å². The maximum absolute atomic E-state index is 11.0. The summed E-state index contributed by atoms with van der Waals surface area (Å²) >= 11 is 3.49. The summed E-state index contributed by atoms with van der Waals surface area (Å²) in [5.74, 6) is -0.900. The molecule has 0 aliphatic heterocycles. The number of anilines is 2. The van der Waals surface area contributed by atoms with Crippen LogP contribution in [0.3, 0.4) is 0 Å². The molecule has 2 aromatic rings. The Hall–Kier alpha value is -1.81. The standard InChI is InChI=1S/C15H14BrNO2/c1-9-8-11(6-7-12(9)15(18)19)17-14-5-3-4-13(16)10(14)2/h3-8,17H,1-2H3,(H,18,19). The van der Waals surface area contributed by atoms with E-state index in [1.807, 2.05) is 31.2 Å². The van der Waals surface area contributed by atoms with Crippen LogP contribution in [0.15, 0.2) is 40.9 Å². The van der Waals surface area contributed by atoms with Gasteiger partial charge in [0.15, 0.2) is 0 Å². The minimum Gasteiger partial charge on any atom is -0.478 e. The Morgan fingerprint density at radius 1 is 1.21 bits per heavy atom. The maximum Gasteiger partial charge on any atom is 0.335 e. The molecule has 0 saturated carbocycles. The Morgan fingerprint density at radius 2 is 1.95 bits per heavy atom. The average molecular weight is 320 g/mol. The van der Waals surface area contributed by atoms with Crippen LogP contribution in [-0.4, -0.2) is 11.1 Å². The fourth-order valence-corrected chi connectivity index (χ4v) is 2.25. The van der Waals surface area contributed by atoms with E-state index in [9.17, 15) is 4.79 Å². The first kappa shape index (κ1) is 13.6. The van der Waals surface area contributed by atoms with Crippen molar-refractivity contribution in [1.29, 1.82) is 0 Å². The Balaban J connectivity index is 2.32. The molecule has 2 N–H and O–H groups in total. The van der Waals surface area contributed by atoms with Crippen molar-refractivity contribution in [2.45, 2.75) is 13.8 Å². The number of carboxylic acids is 1. The Bertz CT molecular complexity index is 638. The zero-order valence-electron chi connectivity index (χ0n) is 10.7. The van der Waals surface area contributed by atoms with Crippen molar-refractivity contribution in [2.24, 2.45) is 0 Å². The van der Waals surface area contributed by atoms with Gasteiger partial charge < -0.3 is 10.4 Å². The van der Waals surface area contributed by atoms with Crippen LogP contribution >= 0.6 is 15.9 Å². The van der Waals surface area contributed by atoms with Gasteiger partial charge in [-0.05, 0) is 55.3 Å². The van der Waals surface area contributed by atoms with E-state index in [0.29, 0.717) is 5.56 Å². The first-order chi connectivity index (χ1) is 8.99. The molecule has 0 atom stereocenters. The highest BCUT2D eigenvalue weighted by atomic mass is 79.9. The van der Waals surface area contributed by atoms with E-state index in [2.05, 4.69) is 21.2 Å². The van der Waals surface area contributed by atoms with Gasteiger partial charge in [-0.1, -0.05) is 22.0 Å². The lowest BCUT2D eigenvalue weighted by Gasteiger charge is -2.12. The third-order valence-electron chi connectivity index (χ3n) is 3.00. The zero-order chi connectivity index (χ0) is 14.0. The number of aromatic carboxylic acids is 1. The SMILES string of the molecule is Cc1cc(Nc2cccc(Br)c2C)ccc1C(=O)O. The van der Waals surface area contributed by atoms with E-state index in [4.69, 9.17) is 5.11 Å². The molecule has 3 nitrogen and oxygen atoms in total. The molecule has 0 aromatic heterocycles. The van der Waals surface area contributed by atoms with Crippen molar-refractivity contribution < 1.29 is 9.90 Å². The minimum absolute atomic E-state index is 0.330. The monoisotopic (exact) mass is 319 g/mol. The highest BCUT2D eigenvalue weighted by molar-refractivity contribution is 9.10. The van der Waals surface area contributed by atoms with Gasteiger partial charge in [0.1, 0.15) is 0 Å². The number of carboxylic acid groups (broad SMARTS) is 1. The number of nitrogens with one attached hydrogen (secondary N) is 1. The van der Waals surface area contributed by atoms with Crippen molar-refractivity contribution in [3.63, 3.8) is 0 Å². The van der Waals surface area contributed by atoms with Gasteiger partial charge in [0, 0.05) is 15.8 Å². The molecule has 0 bridgehead atoms. The van der Waals surface area contributed by atoms with E-state index in [1.54, 1.807) is 19.1 Å². The van der Waals surface area contributed by atoms with E-state index in [0.717, 1.165) is 27.0 Å². The van der Waals surface area contributed by atoms with Crippen LogP contribution in [-0.2, 0) is 0 Å². The van der Waals surface area contributed by atoms with Crippen molar-refractivity contribution in [3.05, 3.63) is 57.6 Å². The molecule has 2 rings (SSSR count). The van der Waals surface area contributed by atoms with Crippen molar-refractivity contribution in [2.75, 3.05) is 5.32 Å². The normalized spacial score (nSPS) is 10.3. The number of carbonyl (C=O) groups is 1. The molecule has 0 radical (unpaired) electrons. The van der Waals surface area contributed by atoms with Gasteiger partial charge in [-0.3, -0.25) is 0 Å². The summed E-state index contributed by atoms with van der Waals surface area (Å²) in [5.41, 5.74) is 4.06. The van der Waals surface area contributed by atoms with Crippen LogP contribution in [0, 0.1) is 13.8 Å². The fourth-order valence-electron chi connectivity index (χ4n) is 1.88. The molecule has 0 spiro atoms. The van der Waals surface area contributed by atoms with Gasteiger partial charge in [0.2, 0.25) is 0 Å². The molecule has 0 amide bonds. The molecule has 0 aliphatic carbocycles. The number of hydrogen-bond donors (Lipinski definition) is 2. The zero-order valence-corrected chi connectivity index (χ0v) is 12.3. The summed E-state index contributed by atoms with van der Waals surface area (Å²) in [6.45, 7) is 3.81. The van der Waals surface area contributed by atoms with E-state index >= 15 is 0 Å². The predicted octanol–water partition coefficient (Wildman–Crippen LogP) is 4.51. The third-order valence-corrected chi connectivity index (χ3v) is 3.86. The summed E-state index contributed by atoms with van der Waals surface area (Å²) in [6.07, 6.45) is 0. The van der Waals surface area contributed by atoms with Gasteiger partial charge >= 0.3 is 5.97 Å². The second kappa shape index (κ2) is 5.45. The van der Waals surface area contributed by atoms with Crippen molar-refractivity contribution in [3.8, 4) is 0 Å². The Morgan fingerprint density at radius 3 is 2.58 bits per heavy atom. The van der Waals surface area contributed by atoms with Crippen LogP contribution in [0.5, 0.6) is 0 Å². The molecule has 0 heterocycles. The number of aryl methyl sites for hydroxylation is 1. The van der Waals surface area contributed by atoms with Crippen LogP contribution in [0.4, 0.5) is 11.4 Å². The van der Waals surface area contributed by atoms with Gasteiger partial charge in [0.25, 0.3) is 0 Å². The molecule has 0 unspecified atom stereocenters. The van der Waals surface area contributed by atoms with Crippen LogP contribution in [0.25, 0.3) is 0 Å². The highest BCUT2D eigenvalue weighted by Gasteiger charge is 2.08. The number of benzene rings is 2. The molecule has 0 aliphatic rings. The van der Waals surface area contributed by atoms with E-state index < -0.39 is 5.97 Å². The van der Waals surface area contributed by atoms with Crippen molar-refractivity contribution >= 4 is 33.3 Å². The quantitative estimate of drug-likeness (QED) is 0.875. The molecular weight excluding hydrogens is 306 g/mol. The summed E-state index contributed by atoms with van der Waals surface area (Å²) < 4.78 is 1.04. The topological polar surface area (TPSA) is 49.3 Å². The second-order valence-electron chi connectivity index (χ2n) is 4.37. The summed E-state index contributed by atoms with van der Waals surface area (Å²) in [4.78, 5) is 11.0. The molecule has 0 fully saturated rings. The summed E-state index contributed by atoms with van der Waals surface area (Å²) in [5, 5.41) is 12.3. The predicted molar refractivity (Wildman–Crippen MR) is 80.3 cm³/mol. The molecular formula is C15H14BrNO2. The lowest BCUT2D eigenvalue weighted by atomic mass is 10.1. The summed E-state index contributed by atoms with van der Waals surface area (Å²) in [7, 11) is 0. The first-order valence-corrected chi connectivity index (χ1v) is 6.64. The maximum atomic E-state index is 11.0. The average Bonchev–Trinajstić information content (AvgIpc) is 2.34. The second-order valence-corrected chi connectivity index (χ2v) is 5.23. The number of rotatable bonds is 3. The molecule has 98 valence electrons. The lowest BCUT2D eigenvalue weighted by molar-refractivity contribution is 0.0696. The van der Waals surface area contributed by atoms with Gasteiger partial charge in [0.05, 0.1) is 5.56 Å². The van der Waals surface area contributed by atoms with Gasteiger partial charge in [-0.15, -0.1) is 0 Å². The third kappa shape index (κ3) is 2.96. The lowest BCUT2D eigenvalue weighted by Crippen LogP contribution is -2.01. The number of hydrogen-bond acceptors (Lipinski definition) is 2. The van der Waals surface area contributed by atoms with E-state index in [-0.39, 0.29) is 0 Å². The molecule has 19 heavy (non-hydrogen) atoms. The Labute approximate surface area is 120 Å². The van der Waals surface area contributed by atoms with Gasteiger partial charge in [-0.25, -0.2) is 4.79 Å². The molecule has 4 heteroatoms. The summed E-state index contributed by atoms with van der Waals surface area (Å²) in [6, 6.07) is 11.2. The largest absolute Gasteiger partial charge is 0.478 e. The van der Waals surface area contributed by atoms with Gasteiger partial charge in [-0.2, -0.15) is 0 Å².